The van der Waals surface area contributed by atoms with E-state index in [0.29, 0.717) is 17.9 Å². The third kappa shape index (κ3) is 7.60. The molecule has 1 aromatic heterocycles. The van der Waals surface area contributed by atoms with E-state index in [0.717, 1.165) is 0 Å². The molecule has 0 radical (unpaired) electrons. The molecule has 2 heterocycles. The first kappa shape index (κ1) is 27.3. The van der Waals surface area contributed by atoms with Crippen molar-refractivity contribution >= 4 is 29.7 Å². The number of nitrogens with one attached hydrogen (secondary N) is 1. The van der Waals surface area contributed by atoms with Crippen molar-refractivity contribution in [1.82, 2.24) is 15.4 Å². The van der Waals surface area contributed by atoms with Crippen LogP contribution in [-0.4, -0.2) is 52.9 Å². The van der Waals surface area contributed by atoms with E-state index in [1.807, 2.05) is 20.8 Å². The highest BCUT2D eigenvalue weighted by Crippen LogP contribution is 2.23. The van der Waals surface area contributed by atoms with Gasteiger partial charge in [0.2, 0.25) is 5.88 Å². The second-order valence-corrected chi connectivity index (χ2v) is 9.62. The molecular weight excluding hydrogens is 482 g/mol. The van der Waals surface area contributed by atoms with Crippen molar-refractivity contribution < 1.29 is 38.3 Å². The fourth-order valence-corrected chi connectivity index (χ4v) is 3.39. The van der Waals surface area contributed by atoms with Crippen LogP contribution in [-0.2, 0) is 24.0 Å². The minimum atomic E-state index is -0.888. The molecule has 1 fully saturated rings. The Hall–Kier alpha value is -4.28. The average molecular weight is 512 g/mol. The van der Waals surface area contributed by atoms with E-state index < -0.39 is 35.7 Å². The number of pyridine rings is 1. The van der Waals surface area contributed by atoms with Gasteiger partial charge in [0.1, 0.15) is 11.8 Å². The second-order valence-electron chi connectivity index (χ2n) is 9.62. The number of hydrogen-bond acceptors (Lipinski definition) is 9. The lowest BCUT2D eigenvalue weighted by Gasteiger charge is -2.22. The molecule has 1 N–H and O–H groups in total. The number of benzene rings is 1. The van der Waals surface area contributed by atoms with Crippen molar-refractivity contribution in [2.24, 2.45) is 5.41 Å². The maximum atomic E-state index is 12.7. The first-order valence-electron chi connectivity index (χ1n) is 11.7. The van der Waals surface area contributed by atoms with Crippen molar-refractivity contribution in [1.29, 1.82) is 0 Å². The Balaban J connectivity index is 1.62. The fourth-order valence-electron chi connectivity index (χ4n) is 3.39. The third-order valence-electron chi connectivity index (χ3n) is 5.44. The number of amides is 3. The van der Waals surface area contributed by atoms with Gasteiger partial charge in [0.25, 0.3) is 17.7 Å². The van der Waals surface area contributed by atoms with Gasteiger partial charge in [-0.15, -0.1) is 5.06 Å². The number of hydroxylamine groups is 2. The van der Waals surface area contributed by atoms with Gasteiger partial charge in [-0.25, -0.2) is 14.6 Å². The van der Waals surface area contributed by atoms with Crippen molar-refractivity contribution in [3.8, 4) is 11.6 Å². The third-order valence-corrected chi connectivity index (χ3v) is 5.44. The van der Waals surface area contributed by atoms with E-state index >= 15 is 0 Å². The summed E-state index contributed by atoms with van der Waals surface area (Å²) in [6.07, 6.45) is 2.42. The van der Waals surface area contributed by atoms with Gasteiger partial charge in [-0.3, -0.25) is 14.4 Å². The van der Waals surface area contributed by atoms with E-state index in [1.165, 1.54) is 43.6 Å². The van der Waals surface area contributed by atoms with Crippen LogP contribution in [0.3, 0.4) is 0 Å². The molecule has 0 bridgehead atoms. The minimum Gasteiger partial charge on any atom is -0.467 e. The molecule has 1 aliphatic heterocycles. The van der Waals surface area contributed by atoms with Gasteiger partial charge < -0.3 is 19.6 Å². The standard InChI is InChI=1S/C26H29N3O8/c1-26(2,3)13-12-19(25(34)35-4)28-23(32)17-8-9-20(27-15-17)36-18-7-5-6-16(14-18)24(33)37-29-21(30)10-11-22(29)31/h5-9,14-15,19H,10-13H2,1-4H3,(H,28,32)/t19-/m0/s1. The van der Waals surface area contributed by atoms with Gasteiger partial charge in [0.15, 0.2) is 0 Å². The Kier molecular flexibility index (Phi) is 8.59. The predicted molar refractivity (Wildman–Crippen MR) is 129 cm³/mol. The molecule has 2 aromatic rings. The average Bonchev–Trinajstić information content (AvgIpc) is 3.18. The highest BCUT2D eigenvalue weighted by molar-refractivity contribution is 6.02. The molecule has 1 aliphatic rings. The summed E-state index contributed by atoms with van der Waals surface area (Å²) in [7, 11) is 1.27. The number of carbonyl (C=O) groups is 5. The van der Waals surface area contributed by atoms with E-state index in [4.69, 9.17) is 14.3 Å². The van der Waals surface area contributed by atoms with E-state index in [1.54, 1.807) is 6.07 Å². The molecule has 196 valence electrons. The SMILES string of the molecule is COC(=O)[C@H](CCC(C)(C)C)NC(=O)c1ccc(Oc2cccc(C(=O)ON3C(=O)CCC3=O)c2)nc1. The number of esters is 1. The minimum absolute atomic E-state index is 0.00475. The lowest BCUT2D eigenvalue weighted by Crippen LogP contribution is -2.42. The monoisotopic (exact) mass is 511 g/mol. The van der Waals surface area contributed by atoms with Gasteiger partial charge in [-0.1, -0.05) is 26.8 Å². The zero-order chi connectivity index (χ0) is 27.2. The van der Waals surface area contributed by atoms with Crippen molar-refractivity contribution in [3.05, 3.63) is 53.7 Å². The largest absolute Gasteiger partial charge is 0.467 e. The Morgan fingerprint density at radius 1 is 1.05 bits per heavy atom. The fraction of sp³-hybridized carbons (Fsp3) is 0.385. The number of nitrogens with zero attached hydrogens (tertiary/aromatic N) is 2. The van der Waals surface area contributed by atoms with Crippen LogP contribution in [0.5, 0.6) is 11.6 Å². The smallest absolute Gasteiger partial charge is 0.364 e. The predicted octanol–water partition coefficient (Wildman–Crippen LogP) is 3.19. The number of hydrogen-bond donors (Lipinski definition) is 1. The lowest BCUT2D eigenvalue weighted by molar-refractivity contribution is -0.172. The summed E-state index contributed by atoms with van der Waals surface area (Å²) in [6, 6.07) is 8.07. The number of rotatable bonds is 9. The maximum Gasteiger partial charge on any atom is 0.364 e. The molecule has 0 unspecified atom stereocenters. The molecule has 11 nitrogen and oxygen atoms in total. The van der Waals surface area contributed by atoms with E-state index in [9.17, 15) is 24.0 Å². The summed E-state index contributed by atoms with van der Waals surface area (Å²) in [6.45, 7) is 6.12. The van der Waals surface area contributed by atoms with E-state index in [2.05, 4.69) is 10.3 Å². The van der Waals surface area contributed by atoms with Gasteiger partial charge in [0, 0.05) is 25.1 Å². The summed E-state index contributed by atoms with van der Waals surface area (Å²) < 4.78 is 10.5. The second kappa shape index (κ2) is 11.6. The zero-order valence-corrected chi connectivity index (χ0v) is 21.1. The summed E-state index contributed by atoms with van der Waals surface area (Å²) >= 11 is 0. The van der Waals surface area contributed by atoms with Crippen LogP contribution in [0.1, 0.15) is 67.2 Å². The number of carbonyl (C=O) groups excluding carboxylic acids is 5. The molecule has 0 aliphatic carbocycles. The molecule has 3 amide bonds. The highest BCUT2D eigenvalue weighted by Gasteiger charge is 2.33. The molecule has 0 spiro atoms. The number of imide groups is 1. The number of ether oxygens (including phenoxy) is 2. The molecule has 1 atom stereocenters. The lowest BCUT2D eigenvalue weighted by atomic mass is 9.88. The van der Waals surface area contributed by atoms with Crippen LogP contribution in [0.25, 0.3) is 0 Å². The summed E-state index contributed by atoms with van der Waals surface area (Å²) in [5.41, 5.74) is 0.258. The van der Waals surface area contributed by atoms with Crippen LogP contribution in [0.15, 0.2) is 42.6 Å². The first-order chi connectivity index (χ1) is 17.5. The quantitative estimate of drug-likeness (QED) is 0.397. The molecule has 37 heavy (non-hydrogen) atoms. The van der Waals surface area contributed by atoms with Gasteiger partial charge >= 0.3 is 11.9 Å². The topological polar surface area (TPSA) is 141 Å². The van der Waals surface area contributed by atoms with Crippen molar-refractivity contribution in [2.45, 2.75) is 52.5 Å². The van der Waals surface area contributed by atoms with E-state index in [-0.39, 0.29) is 41.0 Å². The van der Waals surface area contributed by atoms with Crippen molar-refractivity contribution in [2.75, 3.05) is 7.11 Å². The van der Waals surface area contributed by atoms with Gasteiger partial charge in [0.05, 0.1) is 18.2 Å². The highest BCUT2D eigenvalue weighted by atomic mass is 16.7. The molecule has 1 aromatic carbocycles. The van der Waals surface area contributed by atoms with Gasteiger partial charge in [-0.2, -0.15) is 0 Å². The summed E-state index contributed by atoms with van der Waals surface area (Å²) in [4.78, 5) is 69.5. The molecule has 11 heteroatoms. The Labute approximate surface area is 214 Å². The maximum absolute atomic E-state index is 12.7. The van der Waals surface area contributed by atoms with Crippen LogP contribution >= 0.6 is 0 Å². The Bertz CT molecular complexity index is 1170. The molecule has 0 saturated carbocycles. The van der Waals surface area contributed by atoms with Crippen LogP contribution < -0.4 is 10.1 Å². The van der Waals surface area contributed by atoms with Crippen LogP contribution in [0.2, 0.25) is 0 Å². The summed E-state index contributed by atoms with van der Waals surface area (Å²) in [5, 5.41) is 3.15. The normalized spacial score (nSPS) is 14.2. The zero-order valence-electron chi connectivity index (χ0n) is 21.1. The number of methoxy groups -OCH3 is 1. The van der Waals surface area contributed by atoms with Gasteiger partial charge in [-0.05, 0) is 42.5 Å². The molecule has 1 saturated heterocycles. The number of aromatic nitrogens is 1. The van der Waals surface area contributed by atoms with Crippen LogP contribution in [0, 0.1) is 5.41 Å². The Morgan fingerprint density at radius 2 is 1.76 bits per heavy atom. The van der Waals surface area contributed by atoms with Crippen LogP contribution in [0.4, 0.5) is 0 Å². The summed E-state index contributed by atoms with van der Waals surface area (Å²) in [5.74, 6) is -2.67. The van der Waals surface area contributed by atoms with Crippen molar-refractivity contribution in [3.63, 3.8) is 0 Å². The molecular formula is C26H29N3O8. The first-order valence-corrected chi connectivity index (χ1v) is 11.7. The molecule has 3 rings (SSSR count). The Morgan fingerprint density at radius 3 is 2.35 bits per heavy atom.